The molecule has 1 aliphatic rings. The van der Waals surface area contributed by atoms with E-state index < -0.39 is 0 Å². The van der Waals surface area contributed by atoms with Gasteiger partial charge in [-0.05, 0) is 42.7 Å². The molecule has 3 rings (SSSR count). The molecule has 2 aromatic rings. The van der Waals surface area contributed by atoms with E-state index in [1.54, 1.807) is 18.2 Å². The lowest BCUT2D eigenvalue weighted by atomic mass is 10.1. The summed E-state index contributed by atoms with van der Waals surface area (Å²) in [4.78, 5) is 14.4. The summed E-state index contributed by atoms with van der Waals surface area (Å²) >= 11 is 0. The third-order valence-electron chi connectivity index (χ3n) is 4.30. The molecule has 120 valence electrons. The molecule has 0 aliphatic carbocycles. The molecule has 4 nitrogen and oxygen atoms in total. The Morgan fingerprint density at radius 1 is 1.26 bits per heavy atom. The third-order valence-corrected chi connectivity index (χ3v) is 4.30. The Hall–Kier alpha value is -2.49. The summed E-state index contributed by atoms with van der Waals surface area (Å²) < 4.78 is 0. The van der Waals surface area contributed by atoms with Crippen molar-refractivity contribution in [2.75, 3.05) is 18.0 Å². The van der Waals surface area contributed by atoms with Crippen LogP contribution >= 0.6 is 0 Å². The smallest absolute Gasteiger partial charge is 0.224 e. The summed E-state index contributed by atoms with van der Waals surface area (Å²) in [7, 11) is 0. The molecule has 1 aliphatic heterocycles. The number of benzene rings is 2. The summed E-state index contributed by atoms with van der Waals surface area (Å²) in [6, 6.07) is 15.7. The van der Waals surface area contributed by atoms with Gasteiger partial charge < -0.3 is 15.3 Å². The van der Waals surface area contributed by atoms with Gasteiger partial charge in [0.15, 0.2) is 0 Å². The van der Waals surface area contributed by atoms with Gasteiger partial charge >= 0.3 is 0 Å². The molecule has 0 aromatic heterocycles. The number of anilines is 1. The molecular weight excluding hydrogens is 288 g/mol. The summed E-state index contributed by atoms with van der Waals surface area (Å²) in [6.45, 7) is 3.65. The van der Waals surface area contributed by atoms with Gasteiger partial charge in [-0.2, -0.15) is 0 Å². The lowest BCUT2D eigenvalue weighted by Crippen LogP contribution is -2.38. The molecule has 2 aromatic carbocycles. The second-order valence-electron chi connectivity index (χ2n) is 6.07. The van der Waals surface area contributed by atoms with Crippen LogP contribution in [0.3, 0.4) is 0 Å². The number of para-hydroxylation sites is 1. The highest BCUT2D eigenvalue weighted by molar-refractivity contribution is 5.78. The van der Waals surface area contributed by atoms with E-state index in [2.05, 4.69) is 41.4 Å². The first-order chi connectivity index (χ1) is 11.1. The van der Waals surface area contributed by atoms with Gasteiger partial charge in [0.1, 0.15) is 5.75 Å². The number of nitrogens with zero attached hydrogens (tertiary/aromatic N) is 1. The highest BCUT2D eigenvalue weighted by atomic mass is 16.3. The van der Waals surface area contributed by atoms with Crippen molar-refractivity contribution in [1.82, 2.24) is 5.32 Å². The van der Waals surface area contributed by atoms with Crippen LogP contribution in [0.25, 0.3) is 0 Å². The number of hydrogen-bond acceptors (Lipinski definition) is 3. The van der Waals surface area contributed by atoms with Gasteiger partial charge in [-0.1, -0.05) is 30.3 Å². The molecule has 1 heterocycles. The number of phenolic OH excluding ortho intramolecular Hbond substituents is 1. The molecule has 0 saturated heterocycles. The zero-order valence-electron chi connectivity index (χ0n) is 13.3. The van der Waals surface area contributed by atoms with Gasteiger partial charge in [-0.15, -0.1) is 0 Å². The van der Waals surface area contributed by atoms with Gasteiger partial charge in [-0.3, -0.25) is 4.79 Å². The maximum Gasteiger partial charge on any atom is 0.224 e. The first kappa shape index (κ1) is 15.4. The van der Waals surface area contributed by atoms with Gasteiger partial charge in [0.05, 0.1) is 6.42 Å². The molecular formula is C19H22N2O2. The van der Waals surface area contributed by atoms with Gasteiger partial charge in [0.25, 0.3) is 0 Å². The Kier molecular flexibility index (Phi) is 4.51. The van der Waals surface area contributed by atoms with Crippen molar-refractivity contribution in [2.24, 2.45) is 0 Å². The zero-order valence-corrected chi connectivity index (χ0v) is 13.3. The number of nitrogens with one attached hydrogen (secondary N) is 1. The molecule has 1 unspecified atom stereocenters. The molecule has 2 N–H and O–H groups in total. The van der Waals surface area contributed by atoms with Crippen LogP contribution in [-0.4, -0.2) is 30.1 Å². The van der Waals surface area contributed by atoms with Crippen LogP contribution in [0.4, 0.5) is 5.69 Å². The van der Waals surface area contributed by atoms with Crippen LogP contribution < -0.4 is 10.2 Å². The summed E-state index contributed by atoms with van der Waals surface area (Å²) in [5, 5.41) is 12.4. The van der Waals surface area contributed by atoms with Gasteiger partial charge in [-0.25, -0.2) is 0 Å². The van der Waals surface area contributed by atoms with Gasteiger partial charge in [0.2, 0.25) is 5.91 Å². The van der Waals surface area contributed by atoms with Gasteiger partial charge in [0, 0.05) is 24.8 Å². The molecule has 0 radical (unpaired) electrons. The van der Waals surface area contributed by atoms with Crippen molar-refractivity contribution >= 4 is 11.6 Å². The largest absolute Gasteiger partial charge is 0.508 e. The number of amides is 1. The van der Waals surface area contributed by atoms with Crippen molar-refractivity contribution in [3.05, 3.63) is 59.7 Å². The molecule has 0 spiro atoms. The monoisotopic (exact) mass is 310 g/mol. The second kappa shape index (κ2) is 6.73. The Morgan fingerprint density at radius 2 is 2.09 bits per heavy atom. The van der Waals surface area contributed by atoms with Crippen molar-refractivity contribution in [2.45, 2.75) is 25.8 Å². The Labute approximate surface area is 136 Å². The number of fused-ring (bicyclic) bond motifs is 1. The number of carbonyl (C=O) groups excluding carboxylic acids is 1. The average Bonchev–Trinajstić information content (AvgIpc) is 2.83. The minimum atomic E-state index is -0.0178. The standard InChI is InChI=1S/C19H22N2O2/c1-14-11-16-6-2-3-8-18(16)21(14)10-9-20-19(23)13-15-5-4-7-17(22)12-15/h2-8,12,14,22H,9-11,13H2,1H3,(H,20,23). The number of phenols is 1. The lowest BCUT2D eigenvalue weighted by molar-refractivity contribution is -0.120. The van der Waals surface area contributed by atoms with Crippen LogP contribution in [0, 0.1) is 0 Å². The van der Waals surface area contributed by atoms with Crippen molar-refractivity contribution in [3.8, 4) is 5.75 Å². The third kappa shape index (κ3) is 3.65. The summed E-state index contributed by atoms with van der Waals surface area (Å²) in [5.41, 5.74) is 3.48. The Morgan fingerprint density at radius 3 is 2.91 bits per heavy atom. The zero-order chi connectivity index (χ0) is 16.2. The average molecular weight is 310 g/mol. The first-order valence-corrected chi connectivity index (χ1v) is 8.02. The van der Waals surface area contributed by atoms with E-state index in [1.165, 1.54) is 11.3 Å². The van der Waals surface area contributed by atoms with Crippen molar-refractivity contribution < 1.29 is 9.90 Å². The van der Waals surface area contributed by atoms with E-state index in [0.29, 0.717) is 19.0 Å². The maximum absolute atomic E-state index is 12.0. The number of rotatable bonds is 5. The highest BCUT2D eigenvalue weighted by Gasteiger charge is 2.24. The first-order valence-electron chi connectivity index (χ1n) is 8.02. The fraction of sp³-hybridized carbons (Fsp3) is 0.316. The molecule has 23 heavy (non-hydrogen) atoms. The SMILES string of the molecule is CC1Cc2ccccc2N1CCNC(=O)Cc1cccc(O)c1. The number of aromatic hydroxyl groups is 1. The molecule has 0 fully saturated rings. The fourth-order valence-corrected chi connectivity index (χ4v) is 3.20. The minimum absolute atomic E-state index is 0.0178. The Balaban J connectivity index is 1.51. The molecule has 0 bridgehead atoms. The number of hydrogen-bond donors (Lipinski definition) is 2. The van der Waals surface area contributed by atoms with Crippen molar-refractivity contribution in [3.63, 3.8) is 0 Å². The Bertz CT molecular complexity index is 699. The summed E-state index contributed by atoms with van der Waals surface area (Å²) in [6.07, 6.45) is 1.36. The quantitative estimate of drug-likeness (QED) is 0.892. The fourth-order valence-electron chi connectivity index (χ4n) is 3.20. The topological polar surface area (TPSA) is 52.6 Å². The van der Waals surface area contributed by atoms with E-state index in [-0.39, 0.29) is 11.7 Å². The normalized spacial score (nSPS) is 16.2. The van der Waals surface area contributed by atoms with E-state index in [1.807, 2.05) is 6.07 Å². The second-order valence-corrected chi connectivity index (χ2v) is 6.07. The molecule has 1 atom stereocenters. The van der Waals surface area contributed by atoms with E-state index in [9.17, 15) is 9.90 Å². The summed E-state index contributed by atoms with van der Waals surface area (Å²) in [5.74, 6) is 0.175. The highest BCUT2D eigenvalue weighted by Crippen LogP contribution is 2.31. The van der Waals surface area contributed by atoms with Crippen molar-refractivity contribution in [1.29, 1.82) is 0 Å². The van der Waals surface area contributed by atoms with Crippen LogP contribution in [-0.2, 0) is 17.6 Å². The molecule has 0 saturated carbocycles. The van der Waals surface area contributed by atoms with Crippen LogP contribution in [0.15, 0.2) is 48.5 Å². The van der Waals surface area contributed by atoms with E-state index >= 15 is 0 Å². The lowest BCUT2D eigenvalue weighted by Gasteiger charge is -2.25. The van der Waals surface area contributed by atoms with Crippen LogP contribution in [0.2, 0.25) is 0 Å². The van der Waals surface area contributed by atoms with E-state index in [0.717, 1.165) is 18.5 Å². The predicted molar refractivity (Wildman–Crippen MR) is 91.8 cm³/mol. The minimum Gasteiger partial charge on any atom is -0.508 e. The number of carbonyl (C=O) groups is 1. The maximum atomic E-state index is 12.0. The van der Waals surface area contributed by atoms with Crippen LogP contribution in [0.5, 0.6) is 5.75 Å². The molecule has 4 heteroatoms. The van der Waals surface area contributed by atoms with Crippen LogP contribution in [0.1, 0.15) is 18.1 Å². The van der Waals surface area contributed by atoms with E-state index in [4.69, 9.17) is 0 Å². The molecule has 1 amide bonds. The predicted octanol–water partition coefficient (Wildman–Crippen LogP) is 2.50.